The Labute approximate surface area is 161 Å². The zero-order valence-electron chi connectivity index (χ0n) is 15.3. The Bertz CT molecular complexity index is 906. The quantitative estimate of drug-likeness (QED) is 0.684. The molecule has 27 heavy (non-hydrogen) atoms. The van der Waals surface area contributed by atoms with Gasteiger partial charge >= 0.3 is 5.97 Å². The molecule has 0 spiro atoms. The van der Waals surface area contributed by atoms with Crippen molar-refractivity contribution >= 4 is 45.5 Å². The summed E-state index contributed by atoms with van der Waals surface area (Å²) >= 11 is 1.32. The molecule has 3 rings (SSSR count). The average molecular weight is 387 g/mol. The molecule has 0 bridgehead atoms. The Balaban J connectivity index is 1.73. The van der Waals surface area contributed by atoms with Crippen LogP contribution in [0.4, 0.5) is 16.4 Å². The van der Waals surface area contributed by atoms with Crippen molar-refractivity contribution < 1.29 is 19.1 Å². The molecular formula is C19H21N3O4S. The number of anilines is 3. The van der Waals surface area contributed by atoms with E-state index in [9.17, 15) is 14.4 Å². The second-order valence-electron chi connectivity index (χ2n) is 6.19. The van der Waals surface area contributed by atoms with Crippen molar-refractivity contribution in [2.45, 2.75) is 33.2 Å². The van der Waals surface area contributed by atoms with Crippen LogP contribution in [0.1, 0.15) is 34.1 Å². The lowest BCUT2D eigenvalue weighted by Crippen LogP contribution is -2.41. The first-order valence-corrected chi connectivity index (χ1v) is 9.45. The highest BCUT2D eigenvalue weighted by Gasteiger charge is 2.28. The number of para-hydroxylation sites is 2. The Morgan fingerprint density at radius 1 is 1.22 bits per heavy atom. The van der Waals surface area contributed by atoms with E-state index in [1.165, 1.54) is 11.3 Å². The third kappa shape index (κ3) is 3.95. The van der Waals surface area contributed by atoms with Gasteiger partial charge in [0.1, 0.15) is 11.0 Å². The second kappa shape index (κ2) is 7.79. The van der Waals surface area contributed by atoms with Crippen LogP contribution in [0.5, 0.6) is 0 Å². The van der Waals surface area contributed by atoms with Crippen molar-refractivity contribution in [1.82, 2.24) is 0 Å². The van der Waals surface area contributed by atoms with Gasteiger partial charge in [-0.15, -0.1) is 11.3 Å². The number of carbonyl (C=O) groups is 3. The van der Waals surface area contributed by atoms with Gasteiger partial charge in [-0.2, -0.15) is 0 Å². The normalized spacial score (nSPS) is 15.4. The Morgan fingerprint density at radius 2 is 1.93 bits per heavy atom. The number of carbonyl (C=O) groups excluding carboxylic acids is 3. The lowest BCUT2D eigenvalue weighted by molar-refractivity contribution is -0.122. The van der Waals surface area contributed by atoms with Crippen molar-refractivity contribution in [3.8, 4) is 0 Å². The Morgan fingerprint density at radius 3 is 2.63 bits per heavy atom. The summed E-state index contributed by atoms with van der Waals surface area (Å²) in [6.07, 6.45) is -0.0571. The molecule has 1 aromatic heterocycles. The molecule has 1 aromatic carbocycles. The molecule has 0 radical (unpaired) electrons. The zero-order chi connectivity index (χ0) is 19.6. The summed E-state index contributed by atoms with van der Waals surface area (Å²) < 4.78 is 5.09. The molecule has 2 aromatic rings. The van der Waals surface area contributed by atoms with Crippen LogP contribution in [-0.2, 0) is 14.3 Å². The van der Waals surface area contributed by atoms with E-state index in [4.69, 9.17) is 4.74 Å². The maximum absolute atomic E-state index is 12.5. The van der Waals surface area contributed by atoms with Crippen molar-refractivity contribution in [2.24, 2.45) is 0 Å². The van der Waals surface area contributed by atoms with E-state index in [1.807, 2.05) is 32.0 Å². The number of ether oxygens (including phenoxy) is 1. The fourth-order valence-corrected chi connectivity index (χ4v) is 3.93. The highest BCUT2D eigenvalue weighted by molar-refractivity contribution is 7.16. The van der Waals surface area contributed by atoms with Crippen molar-refractivity contribution in [2.75, 3.05) is 22.6 Å². The molecule has 0 unspecified atom stereocenters. The number of nitrogens with one attached hydrogen (secondary N) is 3. The number of hydrogen-bond acceptors (Lipinski definition) is 6. The molecule has 8 heteroatoms. The van der Waals surface area contributed by atoms with E-state index in [0.29, 0.717) is 16.3 Å². The molecule has 7 nitrogen and oxygen atoms in total. The minimum Gasteiger partial charge on any atom is -0.462 e. The summed E-state index contributed by atoms with van der Waals surface area (Å²) in [4.78, 5) is 37.9. The summed E-state index contributed by atoms with van der Waals surface area (Å²) in [5.41, 5.74) is 2.62. The van der Waals surface area contributed by atoms with Gasteiger partial charge in [-0.25, -0.2) is 4.79 Å². The molecule has 0 aliphatic carbocycles. The number of esters is 1. The van der Waals surface area contributed by atoms with E-state index in [2.05, 4.69) is 16.0 Å². The van der Waals surface area contributed by atoms with Crippen LogP contribution in [0.3, 0.4) is 0 Å². The van der Waals surface area contributed by atoms with Crippen molar-refractivity contribution in [1.29, 1.82) is 0 Å². The first-order valence-electron chi connectivity index (χ1n) is 8.64. The van der Waals surface area contributed by atoms with Crippen LogP contribution in [0, 0.1) is 13.8 Å². The van der Waals surface area contributed by atoms with Gasteiger partial charge in [0.15, 0.2) is 0 Å². The van der Waals surface area contributed by atoms with E-state index < -0.39 is 12.0 Å². The van der Waals surface area contributed by atoms with Crippen LogP contribution in [0.15, 0.2) is 24.3 Å². The monoisotopic (exact) mass is 387 g/mol. The van der Waals surface area contributed by atoms with Gasteiger partial charge in [-0.05, 0) is 38.5 Å². The maximum Gasteiger partial charge on any atom is 0.341 e. The number of fused-ring (bicyclic) bond motifs is 1. The number of amides is 2. The predicted octanol–water partition coefficient (Wildman–Crippen LogP) is 3.30. The molecule has 1 aliphatic heterocycles. The third-order valence-electron chi connectivity index (χ3n) is 4.34. The van der Waals surface area contributed by atoms with Gasteiger partial charge < -0.3 is 20.7 Å². The SMILES string of the molecule is CCOC(=O)c1c(NC(=O)C[C@H]2Nc3ccccc3NC2=O)sc(C)c1C. The standard InChI is InChI=1S/C19H21N3O4S/c1-4-26-19(25)16-10(2)11(3)27-18(16)22-15(23)9-14-17(24)21-13-8-6-5-7-12(13)20-14/h5-8,14,20H,4,9H2,1-3H3,(H,21,24)(H,22,23)/t14-/m1/s1. The highest BCUT2D eigenvalue weighted by atomic mass is 32.1. The molecule has 0 fully saturated rings. The Kier molecular flexibility index (Phi) is 5.46. The van der Waals surface area contributed by atoms with Crippen molar-refractivity contribution in [3.63, 3.8) is 0 Å². The largest absolute Gasteiger partial charge is 0.462 e. The van der Waals surface area contributed by atoms with Crippen LogP contribution < -0.4 is 16.0 Å². The molecule has 142 valence electrons. The molecule has 2 amide bonds. The number of thiophene rings is 1. The van der Waals surface area contributed by atoms with Crippen LogP contribution in [0.25, 0.3) is 0 Å². The molecule has 2 heterocycles. The summed E-state index contributed by atoms with van der Waals surface area (Å²) in [7, 11) is 0. The fraction of sp³-hybridized carbons (Fsp3) is 0.316. The van der Waals surface area contributed by atoms with E-state index in [1.54, 1.807) is 13.0 Å². The van der Waals surface area contributed by atoms with E-state index in [0.717, 1.165) is 16.1 Å². The average Bonchev–Trinajstić information content (AvgIpc) is 2.89. The minimum absolute atomic E-state index is 0.0571. The fourth-order valence-electron chi connectivity index (χ4n) is 2.86. The third-order valence-corrected chi connectivity index (χ3v) is 5.46. The molecular weight excluding hydrogens is 366 g/mol. The number of rotatable bonds is 5. The van der Waals surface area contributed by atoms with Gasteiger partial charge in [0.05, 0.1) is 30.0 Å². The topological polar surface area (TPSA) is 96.5 Å². The molecule has 0 saturated carbocycles. The maximum atomic E-state index is 12.5. The van der Waals surface area contributed by atoms with Crippen LogP contribution in [-0.4, -0.2) is 30.4 Å². The lowest BCUT2D eigenvalue weighted by atomic mass is 10.1. The van der Waals surface area contributed by atoms with Crippen LogP contribution >= 0.6 is 11.3 Å². The smallest absolute Gasteiger partial charge is 0.341 e. The summed E-state index contributed by atoms with van der Waals surface area (Å²) in [6, 6.07) is 6.62. The van der Waals surface area contributed by atoms with Crippen LogP contribution in [0.2, 0.25) is 0 Å². The summed E-state index contributed by atoms with van der Waals surface area (Å²) in [6.45, 7) is 5.69. The van der Waals surface area contributed by atoms with Gasteiger partial charge in [0, 0.05) is 4.88 Å². The molecule has 1 atom stereocenters. The second-order valence-corrected chi connectivity index (χ2v) is 7.42. The molecule has 0 saturated heterocycles. The first-order chi connectivity index (χ1) is 12.9. The highest BCUT2D eigenvalue weighted by Crippen LogP contribution is 2.33. The van der Waals surface area contributed by atoms with Crippen molar-refractivity contribution in [3.05, 3.63) is 40.3 Å². The van der Waals surface area contributed by atoms with Gasteiger partial charge in [0.25, 0.3) is 0 Å². The predicted molar refractivity (Wildman–Crippen MR) is 105 cm³/mol. The van der Waals surface area contributed by atoms with Gasteiger partial charge in [-0.1, -0.05) is 12.1 Å². The summed E-state index contributed by atoms with van der Waals surface area (Å²) in [5, 5.41) is 9.07. The lowest BCUT2D eigenvalue weighted by Gasteiger charge is -2.26. The van der Waals surface area contributed by atoms with Gasteiger partial charge in [-0.3, -0.25) is 9.59 Å². The number of benzene rings is 1. The molecule has 3 N–H and O–H groups in total. The zero-order valence-corrected chi connectivity index (χ0v) is 16.2. The Hall–Kier alpha value is -2.87. The van der Waals surface area contributed by atoms with E-state index >= 15 is 0 Å². The van der Waals surface area contributed by atoms with Gasteiger partial charge in [0.2, 0.25) is 11.8 Å². The number of aryl methyl sites for hydroxylation is 1. The number of hydrogen-bond donors (Lipinski definition) is 3. The van der Waals surface area contributed by atoms with E-state index in [-0.39, 0.29) is 24.8 Å². The minimum atomic E-state index is -0.687. The molecule has 1 aliphatic rings. The first kappa shape index (κ1) is 18.9. The summed E-state index contributed by atoms with van der Waals surface area (Å²) in [5.74, 6) is -1.08.